The molecule has 3 aromatic heterocycles. The minimum absolute atomic E-state index is 0.0627. The number of aryl methyl sites for hydroxylation is 1. The summed E-state index contributed by atoms with van der Waals surface area (Å²) in [5.41, 5.74) is 2.90. The molecule has 1 aliphatic carbocycles. The molecule has 0 saturated heterocycles. The third-order valence-electron chi connectivity index (χ3n) is 6.22. The van der Waals surface area contributed by atoms with Gasteiger partial charge in [0.05, 0.1) is 21.7 Å². The van der Waals surface area contributed by atoms with Gasteiger partial charge in [0.15, 0.2) is 5.78 Å². The van der Waals surface area contributed by atoms with E-state index in [1.165, 1.54) is 30.2 Å². The molecule has 1 aromatic carbocycles. The quantitative estimate of drug-likeness (QED) is 0.295. The van der Waals surface area contributed by atoms with Crippen LogP contribution in [0.25, 0.3) is 11.0 Å². The number of nitrogens with one attached hydrogen (secondary N) is 1. The van der Waals surface area contributed by atoms with E-state index >= 15 is 0 Å². The second kappa shape index (κ2) is 10.5. The Kier molecular flexibility index (Phi) is 7.06. The number of halogens is 1. The number of imidazole rings is 1. The Balaban J connectivity index is 1.13. The normalized spacial score (nSPS) is 13.7. The monoisotopic (exact) mass is 477 g/mol. The molecule has 1 aliphatic rings. The summed E-state index contributed by atoms with van der Waals surface area (Å²) >= 11 is 1.53. The number of H-pyrrole nitrogens is 1. The molecule has 0 radical (unpaired) electrons. The lowest BCUT2D eigenvalue weighted by Gasteiger charge is -2.21. The summed E-state index contributed by atoms with van der Waals surface area (Å²) in [6.45, 7) is 2.97. The van der Waals surface area contributed by atoms with Crippen molar-refractivity contribution >= 4 is 28.2 Å². The zero-order valence-electron chi connectivity index (χ0n) is 19.0. The van der Waals surface area contributed by atoms with Crippen LogP contribution in [-0.2, 0) is 19.3 Å². The minimum atomic E-state index is -0.368. The van der Waals surface area contributed by atoms with Gasteiger partial charge in [0.2, 0.25) is 0 Å². The third-order valence-corrected chi connectivity index (χ3v) is 7.13. The summed E-state index contributed by atoms with van der Waals surface area (Å²) in [5.74, 6) is 1.39. The number of carbonyl (C=O) groups is 1. The van der Waals surface area contributed by atoms with E-state index in [4.69, 9.17) is 4.98 Å². The summed E-state index contributed by atoms with van der Waals surface area (Å²) in [4.78, 5) is 31.8. The molecule has 0 bridgehead atoms. The molecule has 34 heavy (non-hydrogen) atoms. The Labute approximate surface area is 202 Å². The molecule has 8 heteroatoms. The number of aromatic nitrogens is 4. The highest BCUT2D eigenvalue weighted by molar-refractivity contribution is 7.09. The topological polar surface area (TPSA) is 74.8 Å². The molecule has 1 fully saturated rings. The molecule has 0 amide bonds. The number of hydrogen-bond acceptors (Lipinski definition) is 6. The molecule has 0 spiro atoms. The fourth-order valence-electron chi connectivity index (χ4n) is 4.12. The SMILES string of the molecule is O=C(CCc1ncccc1F)c1csc(CCN(CCc2nc3ccccc3[nH]2)CC2CC2)n1. The zero-order chi connectivity index (χ0) is 23.3. The number of rotatable bonds is 12. The highest BCUT2D eigenvalue weighted by Crippen LogP contribution is 2.30. The van der Waals surface area contributed by atoms with E-state index in [1.54, 1.807) is 12.3 Å². The Morgan fingerprint density at radius 1 is 1.09 bits per heavy atom. The average molecular weight is 478 g/mol. The van der Waals surface area contributed by atoms with Crippen LogP contribution in [0.2, 0.25) is 0 Å². The van der Waals surface area contributed by atoms with Gasteiger partial charge in [0.1, 0.15) is 17.3 Å². The zero-order valence-corrected chi connectivity index (χ0v) is 19.9. The van der Waals surface area contributed by atoms with Crippen molar-refractivity contribution < 1.29 is 9.18 Å². The van der Waals surface area contributed by atoms with Gasteiger partial charge in [-0.05, 0) is 49.4 Å². The molecule has 0 unspecified atom stereocenters. The second-order valence-electron chi connectivity index (χ2n) is 8.93. The average Bonchev–Trinajstić information content (AvgIpc) is 3.37. The highest BCUT2D eigenvalue weighted by Gasteiger charge is 2.24. The number of nitrogens with zero attached hydrogens (tertiary/aromatic N) is 4. The summed E-state index contributed by atoms with van der Waals surface area (Å²) in [6.07, 6.45) is 6.37. The van der Waals surface area contributed by atoms with Gasteiger partial charge in [-0.3, -0.25) is 9.78 Å². The molecule has 6 nitrogen and oxygen atoms in total. The molecular weight excluding hydrogens is 449 g/mol. The van der Waals surface area contributed by atoms with Crippen molar-refractivity contribution in [1.82, 2.24) is 24.8 Å². The number of ketones is 1. The molecule has 3 heterocycles. The van der Waals surface area contributed by atoms with Gasteiger partial charge in [-0.25, -0.2) is 14.4 Å². The van der Waals surface area contributed by atoms with Gasteiger partial charge in [0, 0.05) is 50.5 Å². The lowest BCUT2D eigenvalue weighted by molar-refractivity contribution is 0.0978. The number of thiazole rings is 1. The predicted molar refractivity (Wildman–Crippen MR) is 132 cm³/mol. The van der Waals surface area contributed by atoms with E-state index in [0.29, 0.717) is 11.4 Å². The van der Waals surface area contributed by atoms with Crippen LogP contribution < -0.4 is 0 Å². The van der Waals surface area contributed by atoms with E-state index in [9.17, 15) is 9.18 Å². The lowest BCUT2D eigenvalue weighted by atomic mass is 10.1. The predicted octanol–water partition coefficient (Wildman–Crippen LogP) is 4.87. The van der Waals surface area contributed by atoms with E-state index in [-0.39, 0.29) is 24.4 Å². The first-order chi connectivity index (χ1) is 16.6. The first kappa shape index (κ1) is 22.8. The lowest BCUT2D eigenvalue weighted by Crippen LogP contribution is -2.30. The molecule has 176 valence electrons. The van der Waals surface area contributed by atoms with E-state index < -0.39 is 0 Å². The largest absolute Gasteiger partial charge is 0.342 e. The Bertz CT molecular complexity index is 1230. The van der Waals surface area contributed by atoms with Gasteiger partial charge in [-0.1, -0.05) is 12.1 Å². The van der Waals surface area contributed by atoms with Crippen LogP contribution in [-0.4, -0.2) is 50.3 Å². The van der Waals surface area contributed by atoms with Crippen molar-refractivity contribution in [3.05, 3.63) is 76.0 Å². The highest BCUT2D eigenvalue weighted by atomic mass is 32.1. The molecule has 5 rings (SSSR count). The van der Waals surface area contributed by atoms with Crippen molar-refractivity contribution in [2.45, 2.75) is 38.5 Å². The molecular formula is C26H28FN5OS. The van der Waals surface area contributed by atoms with Gasteiger partial charge < -0.3 is 9.88 Å². The van der Waals surface area contributed by atoms with Gasteiger partial charge in [0.25, 0.3) is 0 Å². The van der Waals surface area contributed by atoms with Crippen LogP contribution in [0.15, 0.2) is 48.0 Å². The minimum Gasteiger partial charge on any atom is -0.342 e. The molecule has 1 N–H and O–H groups in total. The standard InChI is InChI=1S/C26H28FN5OS/c27-19-4-3-13-28-20(19)9-10-24(33)23-17-34-26(31-23)12-15-32(16-18-7-8-18)14-11-25-29-21-5-1-2-6-22(21)30-25/h1-6,13,17-18H,7-12,14-16H2,(H,29,30). The summed E-state index contributed by atoms with van der Waals surface area (Å²) in [6, 6.07) is 11.0. The van der Waals surface area contributed by atoms with Crippen molar-refractivity contribution in [2.75, 3.05) is 19.6 Å². The molecule has 1 saturated carbocycles. The number of Topliss-reactive ketones (excluding diaryl/α,β-unsaturated/α-hetero) is 1. The van der Waals surface area contributed by atoms with Crippen molar-refractivity contribution in [2.24, 2.45) is 5.92 Å². The fourth-order valence-corrected chi connectivity index (χ4v) is 4.91. The maximum atomic E-state index is 13.7. The van der Waals surface area contributed by atoms with E-state index in [0.717, 1.165) is 60.3 Å². The van der Waals surface area contributed by atoms with Crippen LogP contribution >= 0.6 is 11.3 Å². The van der Waals surface area contributed by atoms with Gasteiger partial charge >= 0.3 is 0 Å². The van der Waals surface area contributed by atoms with Crippen LogP contribution in [0.3, 0.4) is 0 Å². The van der Waals surface area contributed by atoms with Gasteiger partial charge in [-0.15, -0.1) is 11.3 Å². The molecule has 0 aliphatic heterocycles. The Morgan fingerprint density at radius 3 is 2.76 bits per heavy atom. The summed E-state index contributed by atoms with van der Waals surface area (Å²) < 4.78 is 13.7. The number of para-hydroxylation sites is 2. The Morgan fingerprint density at radius 2 is 1.94 bits per heavy atom. The first-order valence-electron chi connectivity index (χ1n) is 11.9. The number of fused-ring (bicyclic) bond motifs is 1. The van der Waals surface area contributed by atoms with Crippen molar-refractivity contribution in [3.8, 4) is 0 Å². The number of hydrogen-bond donors (Lipinski definition) is 1. The van der Waals surface area contributed by atoms with Crippen LogP contribution in [0.1, 0.15) is 46.3 Å². The number of pyridine rings is 1. The van der Waals surface area contributed by atoms with Crippen molar-refractivity contribution in [1.29, 1.82) is 0 Å². The molecule has 0 atom stereocenters. The summed E-state index contributed by atoms with van der Waals surface area (Å²) in [5, 5.41) is 2.79. The fraction of sp³-hybridized carbons (Fsp3) is 0.385. The number of benzene rings is 1. The van der Waals surface area contributed by atoms with E-state index in [2.05, 4.69) is 25.9 Å². The second-order valence-corrected chi connectivity index (χ2v) is 9.87. The first-order valence-corrected chi connectivity index (χ1v) is 12.7. The maximum Gasteiger partial charge on any atom is 0.182 e. The van der Waals surface area contributed by atoms with Crippen LogP contribution in [0.4, 0.5) is 4.39 Å². The van der Waals surface area contributed by atoms with Crippen LogP contribution in [0, 0.1) is 11.7 Å². The third kappa shape index (κ3) is 5.93. The smallest absolute Gasteiger partial charge is 0.182 e. The van der Waals surface area contributed by atoms with E-state index in [1.807, 2.05) is 23.6 Å². The van der Waals surface area contributed by atoms with Crippen molar-refractivity contribution in [3.63, 3.8) is 0 Å². The Hall–Kier alpha value is -2.97. The maximum absolute atomic E-state index is 13.7. The number of carbonyl (C=O) groups excluding carboxylic acids is 1. The van der Waals surface area contributed by atoms with Gasteiger partial charge in [-0.2, -0.15) is 0 Å². The van der Waals surface area contributed by atoms with Crippen LogP contribution in [0.5, 0.6) is 0 Å². The summed E-state index contributed by atoms with van der Waals surface area (Å²) in [7, 11) is 0. The number of aromatic amines is 1. The molecule has 4 aromatic rings.